The molecule has 1 aromatic rings. The van der Waals surface area contributed by atoms with Crippen LogP contribution in [0.2, 0.25) is 0 Å². The van der Waals surface area contributed by atoms with Gasteiger partial charge in [-0.15, -0.1) is 0 Å². The molecule has 0 amide bonds. The van der Waals surface area contributed by atoms with Gasteiger partial charge in [-0.2, -0.15) is 0 Å². The fraction of sp³-hybridized carbons (Fsp3) is 0.625. The van der Waals surface area contributed by atoms with Gasteiger partial charge in [0.25, 0.3) is 0 Å². The number of hydrogen-bond acceptors (Lipinski definition) is 10. The molecule has 0 radical (unpaired) electrons. The smallest absolute Gasteiger partial charge is 0.309 e. The van der Waals surface area contributed by atoms with Crippen LogP contribution >= 0.6 is 0 Å². The number of rotatable bonds is 2. The van der Waals surface area contributed by atoms with Crippen LogP contribution < -0.4 is 0 Å². The van der Waals surface area contributed by atoms with Gasteiger partial charge in [-0.3, -0.25) is 14.4 Å². The van der Waals surface area contributed by atoms with Crippen molar-refractivity contribution in [2.45, 2.75) is 80.6 Å². The minimum Gasteiger partial charge on any atom is -0.507 e. The van der Waals surface area contributed by atoms with Crippen LogP contribution in [-0.2, 0) is 23.7 Å². The predicted molar refractivity (Wildman–Crippen MR) is 114 cm³/mol. The van der Waals surface area contributed by atoms with E-state index in [1.165, 1.54) is 6.07 Å². The summed E-state index contributed by atoms with van der Waals surface area (Å²) < 4.78 is 23.2. The molecule has 34 heavy (non-hydrogen) atoms. The number of epoxide rings is 1. The van der Waals surface area contributed by atoms with Gasteiger partial charge in [-0.05, 0) is 40.4 Å². The molecule has 4 aliphatic heterocycles. The second-order valence-electron chi connectivity index (χ2n) is 10.2. The lowest BCUT2D eigenvalue weighted by Gasteiger charge is -2.42. The summed E-state index contributed by atoms with van der Waals surface area (Å²) in [5.41, 5.74) is -3.01. The summed E-state index contributed by atoms with van der Waals surface area (Å²) >= 11 is 0. The summed E-state index contributed by atoms with van der Waals surface area (Å²) in [6.07, 6.45) is -3.92. The third kappa shape index (κ3) is 2.45. The van der Waals surface area contributed by atoms with E-state index in [-0.39, 0.29) is 29.3 Å². The number of ketones is 2. The third-order valence-electron chi connectivity index (χ3n) is 8.22. The van der Waals surface area contributed by atoms with E-state index >= 15 is 0 Å². The molecule has 10 heteroatoms. The number of fused-ring (bicyclic) bond motifs is 2. The van der Waals surface area contributed by atoms with Gasteiger partial charge in [0.1, 0.15) is 11.9 Å². The molecule has 0 spiro atoms. The number of esters is 1. The molecule has 6 rings (SSSR count). The van der Waals surface area contributed by atoms with Crippen LogP contribution in [0.4, 0.5) is 0 Å². The molecule has 0 saturated carbocycles. The standard InChI is InChI=1S/C24H27NO9/c1-9-18(27)13(25(3)4)7-14(31-9)11-5-6-12-17(19(11)28)21(30)23-10(2)32-15-8-16(26)33-22(15)24(23,34-23)20(12)29/h5-6,9-10,13-15,18,22,27-28H,7-8H2,1-4H3. The average Bonchev–Trinajstić information content (AvgIpc) is 3.39. The van der Waals surface area contributed by atoms with E-state index in [1.807, 2.05) is 19.0 Å². The van der Waals surface area contributed by atoms with Crippen molar-refractivity contribution in [3.63, 3.8) is 0 Å². The number of aromatic hydroxyl groups is 1. The Bertz CT molecular complexity index is 1130. The van der Waals surface area contributed by atoms with Crippen LogP contribution in [0.15, 0.2) is 12.1 Å². The lowest BCUT2D eigenvalue weighted by Crippen LogP contribution is -2.63. The van der Waals surface area contributed by atoms with Crippen molar-refractivity contribution in [1.82, 2.24) is 4.90 Å². The van der Waals surface area contributed by atoms with E-state index in [4.69, 9.17) is 18.9 Å². The van der Waals surface area contributed by atoms with Crippen molar-refractivity contribution in [3.8, 4) is 5.75 Å². The zero-order valence-corrected chi connectivity index (χ0v) is 19.3. The molecule has 4 fully saturated rings. The number of benzene rings is 1. The van der Waals surface area contributed by atoms with Crippen molar-refractivity contribution < 1.29 is 43.5 Å². The zero-order valence-electron chi connectivity index (χ0n) is 19.3. The monoisotopic (exact) mass is 473 g/mol. The van der Waals surface area contributed by atoms with E-state index in [0.717, 1.165) is 0 Å². The number of aliphatic hydroxyl groups is 1. The summed E-state index contributed by atoms with van der Waals surface area (Å²) in [6, 6.07) is 2.86. The maximum Gasteiger partial charge on any atom is 0.309 e. The number of ether oxygens (including phenoxy) is 4. The summed E-state index contributed by atoms with van der Waals surface area (Å²) in [4.78, 5) is 41.4. The van der Waals surface area contributed by atoms with Gasteiger partial charge in [0.2, 0.25) is 17.2 Å². The molecule has 2 N–H and O–H groups in total. The molecule has 4 saturated heterocycles. The topological polar surface area (TPSA) is 135 Å². The maximum atomic E-state index is 13.8. The highest BCUT2D eigenvalue weighted by atomic mass is 16.7. The van der Waals surface area contributed by atoms with E-state index in [2.05, 4.69) is 0 Å². The Kier molecular flexibility index (Phi) is 4.46. The normalized spacial score (nSPS) is 44.8. The van der Waals surface area contributed by atoms with Crippen molar-refractivity contribution in [2.24, 2.45) is 0 Å². The van der Waals surface area contributed by atoms with E-state index in [0.29, 0.717) is 12.0 Å². The lowest BCUT2D eigenvalue weighted by atomic mass is 9.66. The summed E-state index contributed by atoms with van der Waals surface area (Å²) in [5, 5.41) is 21.8. The SMILES string of the molecule is CC1OC(c2ccc3c(c2O)C(=O)C24OC2(C3=O)C2OC(=O)CC2OC4C)CC(N(C)C)C1O. The molecule has 0 aromatic heterocycles. The highest BCUT2D eigenvalue weighted by Gasteiger charge is 2.90. The van der Waals surface area contributed by atoms with Gasteiger partial charge in [-0.1, -0.05) is 6.07 Å². The van der Waals surface area contributed by atoms with Crippen molar-refractivity contribution in [2.75, 3.05) is 14.1 Å². The van der Waals surface area contributed by atoms with Crippen LogP contribution in [0.25, 0.3) is 0 Å². The van der Waals surface area contributed by atoms with Crippen molar-refractivity contribution in [1.29, 1.82) is 0 Å². The number of phenolic OH excluding ortho intramolecular Hbond substituents is 1. The van der Waals surface area contributed by atoms with Crippen LogP contribution in [-0.4, -0.2) is 94.5 Å². The lowest BCUT2D eigenvalue weighted by molar-refractivity contribution is -0.146. The second kappa shape index (κ2) is 6.86. The Hall–Kier alpha value is -2.37. The molecular weight excluding hydrogens is 446 g/mol. The van der Waals surface area contributed by atoms with Gasteiger partial charge in [0, 0.05) is 17.2 Å². The minimum atomic E-state index is -1.65. The summed E-state index contributed by atoms with van der Waals surface area (Å²) in [6.45, 7) is 3.38. The van der Waals surface area contributed by atoms with Gasteiger partial charge < -0.3 is 34.1 Å². The number of nitrogens with zero attached hydrogens (tertiary/aromatic N) is 1. The Balaban J connectivity index is 1.43. The fourth-order valence-corrected chi connectivity index (χ4v) is 6.44. The molecule has 0 bridgehead atoms. The number of carbonyl (C=O) groups excluding carboxylic acids is 3. The Morgan fingerprint density at radius 3 is 2.50 bits per heavy atom. The first kappa shape index (κ1) is 22.1. The first-order valence-electron chi connectivity index (χ1n) is 11.5. The highest BCUT2D eigenvalue weighted by molar-refractivity contribution is 6.27. The largest absolute Gasteiger partial charge is 0.507 e. The van der Waals surface area contributed by atoms with Gasteiger partial charge >= 0.3 is 5.97 Å². The van der Waals surface area contributed by atoms with Crippen LogP contribution in [0.3, 0.4) is 0 Å². The number of Topliss-reactive ketones (excluding diaryl/α,β-unsaturated/α-hetero) is 2. The quantitative estimate of drug-likeness (QED) is 0.462. The Morgan fingerprint density at radius 2 is 1.79 bits per heavy atom. The third-order valence-corrected chi connectivity index (χ3v) is 8.22. The second-order valence-corrected chi connectivity index (χ2v) is 10.2. The Labute approximate surface area is 195 Å². The highest BCUT2D eigenvalue weighted by Crippen LogP contribution is 2.65. The molecule has 1 aliphatic carbocycles. The van der Waals surface area contributed by atoms with Gasteiger partial charge in [0.15, 0.2) is 11.7 Å². The molecular formula is C24H27NO9. The number of carbonyl (C=O) groups is 3. The summed E-state index contributed by atoms with van der Waals surface area (Å²) in [7, 11) is 3.71. The van der Waals surface area contributed by atoms with Gasteiger partial charge in [-0.25, -0.2) is 0 Å². The van der Waals surface area contributed by atoms with Crippen molar-refractivity contribution in [3.05, 3.63) is 28.8 Å². The molecule has 9 atom stereocenters. The van der Waals surface area contributed by atoms with Gasteiger partial charge in [0.05, 0.1) is 36.4 Å². The average molecular weight is 473 g/mol. The van der Waals surface area contributed by atoms with Crippen LogP contribution in [0, 0.1) is 0 Å². The molecule has 10 nitrogen and oxygen atoms in total. The first-order chi connectivity index (χ1) is 16.0. The van der Waals surface area contributed by atoms with E-state index < -0.39 is 65.4 Å². The number of likely N-dealkylation sites (N-methyl/N-ethyl adjacent to an activating group) is 1. The van der Waals surface area contributed by atoms with Crippen LogP contribution in [0.5, 0.6) is 5.75 Å². The molecule has 182 valence electrons. The van der Waals surface area contributed by atoms with E-state index in [9.17, 15) is 24.6 Å². The Morgan fingerprint density at radius 1 is 1.06 bits per heavy atom. The van der Waals surface area contributed by atoms with Crippen molar-refractivity contribution >= 4 is 17.5 Å². The molecule has 5 aliphatic rings. The molecule has 1 aromatic carbocycles. The van der Waals surface area contributed by atoms with Crippen LogP contribution in [0.1, 0.15) is 59.1 Å². The zero-order chi connectivity index (χ0) is 24.3. The fourth-order valence-electron chi connectivity index (χ4n) is 6.44. The molecule has 9 unspecified atom stereocenters. The number of hydrogen-bond donors (Lipinski definition) is 2. The summed E-state index contributed by atoms with van der Waals surface area (Å²) in [5.74, 6) is -1.90. The maximum absolute atomic E-state index is 13.8. The minimum absolute atomic E-state index is 0.00912. The molecule has 4 heterocycles. The number of aliphatic hydroxyl groups excluding tert-OH is 1. The predicted octanol–water partition coefficient (Wildman–Crippen LogP) is 0.523. The van der Waals surface area contributed by atoms with E-state index in [1.54, 1.807) is 19.9 Å². The first-order valence-corrected chi connectivity index (χ1v) is 11.5. The number of phenols is 1.